The molecule has 0 aromatic carbocycles. The van der Waals surface area contributed by atoms with Crippen molar-refractivity contribution in [2.75, 3.05) is 6.54 Å². The maximum atomic E-state index is 10.8. The maximum absolute atomic E-state index is 10.8. The molecule has 1 aliphatic rings. The molecule has 18 heavy (non-hydrogen) atoms. The van der Waals surface area contributed by atoms with Crippen molar-refractivity contribution in [3.8, 4) is 0 Å². The van der Waals surface area contributed by atoms with Gasteiger partial charge in [0.1, 0.15) is 10.7 Å². The van der Waals surface area contributed by atoms with E-state index in [9.17, 15) is 8.42 Å². The van der Waals surface area contributed by atoms with Gasteiger partial charge in [0.15, 0.2) is 0 Å². The van der Waals surface area contributed by atoms with Gasteiger partial charge >= 0.3 is 0 Å². The SMILES string of the molecule is CC1=CCC(NCCC(C)[SH](=O)=O)CC(C)(C)C1. The summed E-state index contributed by atoms with van der Waals surface area (Å²) in [4.78, 5) is 0. The summed E-state index contributed by atoms with van der Waals surface area (Å²) >= 11 is 0. The first-order chi connectivity index (χ1) is 8.30. The lowest BCUT2D eigenvalue weighted by atomic mass is 9.82. The van der Waals surface area contributed by atoms with Gasteiger partial charge in [-0.05, 0) is 51.5 Å². The van der Waals surface area contributed by atoms with E-state index in [4.69, 9.17) is 0 Å². The van der Waals surface area contributed by atoms with Crippen molar-refractivity contribution < 1.29 is 8.42 Å². The van der Waals surface area contributed by atoms with E-state index in [0.717, 1.165) is 25.8 Å². The Morgan fingerprint density at radius 2 is 2.17 bits per heavy atom. The van der Waals surface area contributed by atoms with Gasteiger partial charge in [0, 0.05) is 6.04 Å². The van der Waals surface area contributed by atoms with Crippen LogP contribution in [0.5, 0.6) is 0 Å². The average Bonchev–Trinajstić information content (AvgIpc) is 2.36. The first kappa shape index (κ1) is 15.7. The summed E-state index contributed by atoms with van der Waals surface area (Å²) in [5.74, 6) is 0. The molecule has 4 heteroatoms. The van der Waals surface area contributed by atoms with Crippen LogP contribution in [-0.2, 0) is 10.7 Å². The molecular weight excluding hydrogens is 246 g/mol. The normalized spacial score (nSPS) is 25.6. The van der Waals surface area contributed by atoms with Crippen molar-refractivity contribution in [1.82, 2.24) is 5.32 Å². The van der Waals surface area contributed by atoms with Crippen molar-refractivity contribution >= 4 is 10.7 Å². The van der Waals surface area contributed by atoms with Crippen LogP contribution in [0.4, 0.5) is 0 Å². The molecular formula is C14H27NO2S. The van der Waals surface area contributed by atoms with E-state index in [1.165, 1.54) is 5.57 Å². The second-order valence-corrected chi connectivity index (χ2v) is 7.86. The molecule has 0 spiro atoms. The Hall–Kier alpha value is -0.350. The summed E-state index contributed by atoms with van der Waals surface area (Å²) in [6, 6.07) is 0.481. The summed E-state index contributed by atoms with van der Waals surface area (Å²) in [7, 11) is -2.27. The van der Waals surface area contributed by atoms with Crippen molar-refractivity contribution in [2.45, 2.75) is 64.7 Å². The molecule has 1 N–H and O–H groups in total. The number of rotatable bonds is 5. The zero-order valence-corrected chi connectivity index (χ0v) is 12.9. The molecule has 0 aliphatic heterocycles. The smallest absolute Gasteiger partial charge is 0.142 e. The molecule has 3 nitrogen and oxygen atoms in total. The number of thiol groups is 1. The number of hydrogen-bond acceptors (Lipinski definition) is 3. The van der Waals surface area contributed by atoms with Crippen LogP contribution >= 0.6 is 0 Å². The average molecular weight is 273 g/mol. The number of allylic oxidation sites excluding steroid dienone is 1. The van der Waals surface area contributed by atoms with E-state index in [1.807, 2.05) is 0 Å². The molecule has 2 unspecified atom stereocenters. The van der Waals surface area contributed by atoms with Crippen molar-refractivity contribution in [2.24, 2.45) is 5.41 Å². The molecule has 0 saturated heterocycles. The summed E-state index contributed by atoms with van der Waals surface area (Å²) in [6.07, 6.45) is 6.40. The van der Waals surface area contributed by atoms with Gasteiger partial charge in [-0.25, -0.2) is 8.42 Å². The fourth-order valence-corrected chi connectivity index (χ4v) is 3.09. The van der Waals surface area contributed by atoms with Gasteiger partial charge in [0.2, 0.25) is 0 Å². The van der Waals surface area contributed by atoms with E-state index in [2.05, 4.69) is 32.2 Å². The molecule has 1 aliphatic carbocycles. The lowest BCUT2D eigenvalue weighted by Crippen LogP contribution is -2.34. The summed E-state index contributed by atoms with van der Waals surface area (Å²) in [6.45, 7) is 9.38. The van der Waals surface area contributed by atoms with Gasteiger partial charge in [-0.2, -0.15) is 0 Å². The molecule has 0 aromatic heterocycles. The highest BCUT2D eigenvalue weighted by Gasteiger charge is 2.25. The Morgan fingerprint density at radius 3 is 2.78 bits per heavy atom. The first-order valence-corrected chi connectivity index (χ1v) is 8.07. The molecule has 0 aromatic rings. The van der Waals surface area contributed by atoms with Gasteiger partial charge in [-0.3, -0.25) is 0 Å². The number of hydrogen-bond donors (Lipinski definition) is 2. The van der Waals surface area contributed by atoms with Gasteiger partial charge < -0.3 is 5.32 Å². The van der Waals surface area contributed by atoms with Crippen LogP contribution in [0.15, 0.2) is 11.6 Å². The fraction of sp³-hybridized carbons (Fsp3) is 0.857. The van der Waals surface area contributed by atoms with Gasteiger partial charge in [-0.1, -0.05) is 25.5 Å². The van der Waals surface area contributed by atoms with Crippen LogP contribution < -0.4 is 5.32 Å². The maximum Gasteiger partial charge on any atom is 0.142 e. The zero-order valence-electron chi connectivity index (χ0n) is 12.0. The molecule has 0 amide bonds. The minimum atomic E-state index is -2.27. The lowest BCUT2D eigenvalue weighted by Gasteiger charge is -2.28. The molecule has 0 fully saturated rings. The molecule has 0 heterocycles. The summed E-state index contributed by atoms with van der Waals surface area (Å²) < 4.78 is 21.6. The fourth-order valence-electron chi connectivity index (χ4n) is 2.75. The minimum absolute atomic E-state index is 0.219. The summed E-state index contributed by atoms with van der Waals surface area (Å²) in [5.41, 5.74) is 1.81. The molecule has 2 atom stereocenters. The molecule has 0 radical (unpaired) electrons. The van der Waals surface area contributed by atoms with Crippen molar-refractivity contribution in [3.05, 3.63) is 11.6 Å². The second-order valence-electron chi connectivity index (χ2n) is 6.41. The molecule has 0 saturated carbocycles. The predicted molar refractivity (Wildman–Crippen MR) is 77.6 cm³/mol. The topological polar surface area (TPSA) is 46.2 Å². The van der Waals surface area contributed by atoms with Gasteiger partial charge in [-0.15, -0.1) is 0 Å². The third-order valence-corrected chi connectivity index (χ3v) is 4.64. The van der Waals surface area contributed by atoms with Crippen molar-refractivity contribution in [1.29, 1.82) is 0 Å². The van der Waals surface area contributed by atoms with Crippen LogP contribution in [0, 0.1) is 5.41 Å². The molecule has 106 valence electrons. The van der Waals surface area contributed by atoms with E-state index in [-0.39, 0.29) is 5.25 Å². The van der Waals surface area contributed by atoms with Gasteiger partial charge in [0.05, 0.1) is 5.25 Å². The zero-order chi connectivity index (χ0) is 13.8. The van der Waals surface area contributed by atoms with E-state index < -0.39 is 10.7 Å². The highest BCUT2D eigenvalue weighted by atomic mass is 32.2. The van der Waals surface area contributed by atoms with Crippen LogP contribution in [0.1, 0.15) is 53.4 Å². The first-order valence-electron chi connectivity index (χ1n) is 6.83. The highest BCUT2D eigenvalue weighted by molar-refractivity contribution is 7.73. The lowest BCUT2D eigenvalue weighted by molar-refractivity contribution is 0.286. The summed E-state index contributed by atoms with van der Waals surface area (Å²) in [5, 5.41) is 3.29. The molecule has 0 bridgehead atoms. The van der Waals surface area contributed by atoms with Crippen molar-refractivity contribution in [3.63, 3.8) is 0 Å². The quantitative estimate of drug-likeness (QED) is 0.597. The van der Waals surface area contributed by atoms with Crippen LogP contribution in [0.3, 0.4) is 0 Å². The molecule has 1 rings (SSSR count). The Bertz CT molecular complexity index is 364. The van der Waals surface area contributed by atoms with Crippen LogP contribution in [0.25, 0.3) is 0 Å². The van der Waals surface area contributed by atoms with Crippen LogP contribution in [-0.4, -0.2) is 26.3 Å². The second kappa shape index (κ2) is 6.71. The van der Waals surface area contributed by atoms with Gasteiger partial charge in [0.25, 0.3) is 0 Å². The number of nitrogens with one attached hydrogen (secondary N) is 1. The highest BCUT2D eigenvalue weighted by Crippen LogP contribution is 2.34. The van der Waals surface area contributed by atoms with E-state index in [0.29, 0.717) is 17.9 Å². The Kier molecular flexibility index (Phi) is 5.86. The Labute approximate surface area is 113 Å². The Balaban J connectivity index is 2.42. The third kappa shape index (κ3) is 5.53. The minimum Gasteiger partial charge on any atom is -0.314 e. The Morgan fingerprint density at radius 1 is 1.50 bits per heavy atom. The monoisotopic (exact) mass is 273 g/mol. The largest absolute Gasteiger partial charge is 0.314 e. The van der Waals surface area contributed by atoms with E-state index in [1.54, 1.807) is 6.92 Å². The standard InChI is InChI=1S/C14H27NO2S/c1-11-5-6-13(10-14(3,4)9-11)15-8-7-12(2)18(16)17/h5,12-13,15,18H,6-10H2,1-4H3. The van der Waals surface area contributed by atoms with E-state index >= 15 is 0 Å². The predicted octanol–water partition coefficient (Wildman–Crippen LogP) is 2.49. The third-order valence-electron chi connectivity index (χ3n) is 3.66. The van der Waals surface area contributed by atoms with Crippen LogP contribution in [0.2, 0.25) is 0 Å².